The van der Waals surface area contributed by atoms with Crippen LogP contribution >= 0.6 is 0 Å². The molecule has 1 heterocycles. The van der Waals surface area contributed by atoms with Crippen molar-refractivity contribution >= 4 is 5.84 Å². The molecule has 0 amide bonds. The van der Waals surface area contributed by atoms with E-state index in [4.69, 9.17) is 5.73 Å². The van der Waals surface area contributed by atoms with Gasteiger partial charge in [0.15, 0.2) is 0 Å². The summed E-state index contributed by atoms with van der Waals surface area (Å²) in [6.07, 6.45) is 6.27. The maximum absolute atomic E-state index is 5.90. The molecule has 1 saturated heterocycles. The Kier molecular flexibility index (Phi) is 3.40. The highest BCUT2D eigenvalue weighted by molar-refractivity contribution is 5.75. The van der Waals surface area contributed by atoms with Gasteiger partial charge in [0.05, 0.1) is 13.1 Å². The SMILES string of the molecule is CCCC(N)=[N+]1CCCCC1. The van der Waals surface area contributed by atoms with Gasteiger partial charge >= 0.3 is 0 Å². The van der Waals surface area contributed by atoms with Crippen LogP contribution < -0.4 is 5.73 Å². The van der Waals surface area contributed by atoms with Crippen LogP contribution in [0.1, 0.15) is 39.0 Å². The standard InChI is InChI=1S/C9H18N2/c1-2-6-9(10)11-7-4-3-5-8-11/h10H,2-8H2,1H3/p+1. The van der Waals surface area contributed by atoms with Gasteiger partial charge in [-0.1, -0.05) is 6.92 Å². The quantitative estimate of drug-likeness (QED) is 0.473. The molecule has 0 aliphatic carbocycles. The van der Waals surface area contributed by atoms with Gasteiger partial charge in [0.25, 0.3) is 0 Å². The molecule has 1 aliphatic rings. The smallest absolute Gasteiger partial charge is 0.242 e. The zero-order valence-electron chi connectivity index (χ0n) is 7.47. The third kappa shape index (κ3) is 2.52. The number of hydrogen-bond acceptors (Lipinski definition) is 0. The van der Waals surface area contributed by atoms with Gasteiger partial charge in [0, 0.05) is 6.42 Å². The lowest BCUT2D eigenvalue weighted by molar-refractivity contribution is -0.539. The van der Waals surface area contributed by atoms with Crippen molar-refractivity contribution in [2.45, 2.75) is 39.0 Å². The molecule has 0 aromatic carbocycles. The Hall–Kier alpha value is -0.530. The van der Waals surface area contributed by atoms with E-state index in [2.05, 4.69) is 11.5 Å². The van der Waals surface area contributed by atoms with E-state index in [1.807, 2.05) is 0 Å². The van der Waals surface area contributed by atoms with Crippen molar-refractivity contribution in [3.05, 3.63) is 0 Å². The molecule has 1 fully saturated rings. The second-order valence-electron chi connectivity index (χ2n) is 3.29. The van der Waals surface area contributed by atoms with Crippen molar-refractivity contribution in [2.24, 2.45) is 5.73 Å². The Balaban J connectivity index is 2.46. The fourth-order valence-corrected chi connectivity index (χ4v) is 1.60. The zero-order chi connectivity index (χ0) is 8.10. The number of piperidine rings is 1. The first-order valence-electron chi connectivity index (χ1n) is 4.71. The van der Waals surface area contributed by atoms with Gasteiger partial charge < -0.3 is 0 Å². The third-order valence-electron chi connectivity index (χ3n) is 2.27. The Labute approximate surface area is 69.1 Å². The van der Waals surface area contributed by atoms with Crippen LogP contribution in [0.2, 0.25) is 0 Å². The Bertz CT molecular complexity index is 142. The van der Waals surface area contributed by atoms with Crippen molar-refractivity contribution in [2.75, 3.05) is 13.1 Å². The summed E-state index contributed by atoms with van der Waals surface area (Å²) in [4.78, 5) is 0. The van der Waals surface area contributed by atoms with Crippen LogP contribution in [-0.2, 0) is 0 Å². The summed E-state index contributed by atoms with van der Waals surface area (Å²) in [7, 11) is 0. The summed E-state index contributed by atoms with van der Waals surface area (Å²) in [6.45, 7) is 4.55. The minimum Gasteiger partial charge on any atom is -0.291 e. The number of nitrogens with two attached hydrogens (primary N) is 1. The highest BCUT2D eigenvalue weighted by Crippen LogP contribution is 2.04. The largest absolute Gasteiger partial charge is 0.291 e. The van der Waals surface area contributed by atoms with E-state index in [9.17, 15) is 0 Å². The van der Waals surface area contributed by atoms with Gasteiger partial charge in [-0.05, 0) is 25.7 Å². The lowest BCUT2D eigenvalue weighted by Crippen LogP contribution is -2.32. The van der Waals surface area contributed by atoms with Crippen molar-refractivity contribution in [3.8, 4) is 0 Å². The molecule has 1 aliphatic heterocycles. The van der Waals surface area contributed by atoms with Crippen LogP contribution in [0.4, 0.5) is 0 Å². The minimum atomic E-state index is 1.07. The average Bonchev–Trinajstić information content (AvgIpc) is 2.07. The molecule has 0 aromatic rings. The van der Waals surface area contributed by atoms with Crippen molar-refractivity contribution in [1.82, 2.24) is 0 Å². The first-order chi connectivity index (χ1) is 5.34. The maximum Gasteiger partial charge on any atom is 0.242 e. The molecule has 11 heavy (non-hydrogen) atoms. The Morgan fingerprint density at radius 2 is 1.91 bits per heavy atom. The van der Waals surface area contributed by atoms with Crippen LogP contribution in [0.5, 0.6) is 0 Å². The van der Waals surface area contributed by atoms with Crippen molar-refractivity contribution < 1.29 is 4.58 Å². The van der Waals surface area contributed by atoms with Crippen LogP contribution in [0.3, 0.4) is 0 Å². The molecular weight excluding hydrogens is 136 g/mol. The molecule has 2 nitrogen and oxygen atoms in total. The van der Waals surface area contributed by atoms with E-state index < -0.39 is 0 Å². The minimum absolute atomic E-state index is 1.07. The molecule has 0 atom stereocenters. The van der Waals surface area contributed by atoms with E-state index in [1.165, 1.54) is 38.8 Å². The van der Waals surface area contributed by atoms with E-state index >= 15 is 0 Å². The van der Waals surface area contributed by atoms with Crippen molar-refractivity contribution in [1.29, 1.82) is 0 Å². The lowest BCUT2D eigenvalue weighted by Gasteiger charge is -2.14. The second kappa shape index (κ2) is 4.37. The Morgan fingerprint density at radius 1 is 1.27 bits per heavy atom. The van der Waals surface area contributed by atoms with Crippen LogP contribution in [0.25, 0.3) is 0 Å². The molecule has 0 bridgehead atoms. The molecule has 2 heteroatoms. The molecular formula is C9H19N2+. The van der Waals surface area contributed by atoms with Crippen LogP contribution in [0.15, 0.2) is 0 Å². The molecule has 0 aromatic heterocycles. The van der Waals surface area contributed by atoms with Gasteiger partial charge in [-0.15, -0.1) is 0 Å². The highest BCUT2D eigenvalue weighted by Gasteiger charge is 2.11. The molecule has 2 N–H and O–H groups in total. The van der Waals surface area contributed by atoms with Crippen LogP contribution in [0, 0.1) is 0 Å². The van der Waals surface area contributed by atoms with Gasteiger partial charge in [0.1, 0.15) is 0 Å². The van der Waals surface area contributed by atoms with Gasteiger partial charge in [-0.25, -0.2) is 0 Å². The fraction of sp³-hybridized carbons (Fsp3) is 0.889. The molecule has 64 valence electrons. The molecule has 0 spiro atoms. The number of hydrogen-bond donors (Lipinski definition) is 1. The maximum atomic E-state index is 5.90. The number of amidine groups is 1. The summed E-state index contributed by atoms with van der Waals surface area (Å²) in [5.74, 6) is 1.10. The summed E-state index contributed by atoms with van der Waals surface area (Å²) in [5, 5.41) is 0. The molecule has 0 radical (unpaired) electrons. The summed E-state index contributed by atoms with van der Waals surface area (Å²) >= 11 is 0. The lowest BCUT2D eigenvalue weighted by atomic mass is 10.1. The molecule has 0 unspecified atom stereocenters. The highest BCUT2D eigenvalue weighted by atomic mass is 15.1. The zero-order valence-corrected chi connectivity index (χ0v) is 7.47. The normalized spacial score (nSPS) is 18.5. The van der Waals surface area contributed by atoms with Crippen molar-refractivity contribution in [3.63, 3.8) is 0 Å². The van der Waals surface area contributed by atoms with Gasteiger partial charge in [0.2, 0.25) is 5.84 Å². The number of nitrogens with zero attached hydrogens (tertiary/aromatic N) is 1. The molecule has 1 rings (SSSR count). The van der Waals surface area contributed by atoms with E-state index in [0.717, 1.165) is 12.3 Å². The number of rotatable bonds is 2. The van der Waals surface area contributed by atoms with Gasteiger partial charge in [-0.2, -0.15) is 0 Å². The second-order valence-corrected chi connectivity index (χ2v) is 3.29. The first-order valence-corrected chi connectivity index (χ1v) is 4.71. The van der Waals surface area contributed by atoms with E-state index in [0.29, 0.717) is 0 Å². The first kappa shape index (κ1) is 8.57. The summed E-state index contributed by atoms with van der Waals surface area (Å²) < 4.78 is 2.34. The van der Waals surface area contributed by atoms with Crippen LogP contribution in [-0.4, -0.2) is 23.5 Å². The third-order valence-corrected chi connectivity index (χ3v) is 2.27. The fourth-order valence-electron chi connectivity index (χ4n) is 1.60. The topological polar surface area (TPSA) is 29.0 Å². The van der Waals surface area contributed by atoms with E-state index in [1.54, 1.807) is 0 Å². The summed E-state index contributed by atoms with van der Waals surface area (Å²) in [5.41, 5.74) is 5.90. The average molecular weight is 155 g/mol. The Morgan fingerprint density at radius 3 is 2.45 bits per heavy atom. The monoisotopic (exact) mass is 155 g/mol. The predicted octanol–water partition coefficient (Wildman–Crippen LogP) is 1.34. The van der Waals surface area contributed by atoms with E-state index in [-0.39, 0.29) is 0 Å². The molecule has 0 saturated carbocycles. The predicted molar refractivity (Wildman–Crippen MR) is 47.9 cm³/mol. The van der Waals surface area contributed by atoms with Gasteiger partial charge in [-0.3, -0.25) is 10.3 Å². The summed E-state index contributed by atoms with van der Waals surface area (Å²) in [6, 6.07) is 0.